The summed E-state index contributed by atoms with van der Waals surface area (Å²) in [6.45, 7) is 2.24. The van der Waals surface area contributed by atoms with Crippen LogP contribution in [0.5, 0.6) is 0 Å². The van der Waals surface area contributed by atoms with Crippen LogP contribution in [0.25, 0.3) is 0 Å². The topological polar surface area (TPSA) is 63.6 Å². The number of carboxylic acids is 1. The fourth-order valence-electron chi connectivity index (χ4n) is 0.200. The van der Waals surface area contributed by atoms with Crippen LogP contribution < -0.4 is 0 Å². The van der Waals surface area contributed by atoms with Gasteiger partial charge in [-0.2, -0.15) is 0 Å². The number of carbonyl (C=O) groups is 2. The van der Waals surface area contributed by atoms with Crippen LogP contribution in [0, 0.1) is 0 Å². The molecule has 0 saturated heterocycles. The Bertz CT molecular complexity index is 138. The fourth-order valence-corrected chi connectivity index (χ4v) is 0.361. The Labute approximate surface area is 87.5 Å². The number of halogens is 2. The van der Waals surface area contributed by atoms with E-state index in [0.717, 1.165) is 0 Å². The lowest BCUT2D eigenvalue weighted by molar-refractivity contribution is -0.139. The molecule has 72 valence electrons. The van der Waals surface area contributed by atoms with Gasteiger partial charge < -0.3 is 9.84 Å². The largest absolute Gasteiger partial charge is 0.481 e. The number of alkyl halides is 2. The molecule has 0 bridgehead atoms. The monoisotopic (exact) mass is 304 g/mol. The Morgan fingerprint density at radius 3 is 1.83 bits per heavy atom. The molecule has 0 aromatic heterocycles. The van der Waals surface area contributed by atoms with Crippen molar-refractivity contribution in [1.82, 2.24) is 0 Å². The summed E-state index contributed by atoms with van der Waals surface area (Å²) < 4.78 is 4.51. The molecule has 12 heavy (non-hydrogen) atoms. The summed E-state index contributed by atoms with van der Waals surface area (Å²) in [5.41, 5.74) is 0. The predicted molar refractivity (Wildman–Crippen MR) is 51.9 cm³/mol. The summed E-state index contributed by atoms with van der Waals surface area (Å²) in [6, 6.07) is 0. The summed E-state index contributed by atoms with van der Waals surface area (Å²) in [5, 5.41) is 8.00. The lowest BCUT2D eigenvalue weighted by Gasteiger charge is -1.92. The van der Waals surface area contributed by atoms with Crippen LogP contribution in [-0.2, 0) is 14.3 Å². The molecule has 0 fully saturated rings. The summed E-state index contributed by atoms with van der Waals surface area (Å²) >= 11 is 5.66. The molecule has 0 saturated carbocycles. The van der Waals surface area contributed by atoms with E-state index in [0.29, 0.717) is 11.9 Å². The van der Waals surface area contributed by atoms with Gasteiger partial charge in [0.25, 0.3) is 0 Å². The van der Waals surface area contributed by atoms with E-state index < -0.39 is 5.97 Å². The smallest absolute Gasteiger partial charge is 0.316 e. The highest BCUT2D eigenvalue weighted by Crippen LogP contribution is 1.82. The van der Waals surface area contributed by atoms with E-state index in [1.165, 1.54) is 0 Å². The maximum atomic E-state index is 10.1. The molecule has 0 heterocycles. The van der Waals surface area contributed by atoms with Crippen molar-refractivity contribution in [1.29, 1.82) is 0 Å². The lowest BCUT2D eigenvalue weighted by Crippen LogP contribution is -2.03. The minimum absolute atomic E-state index is 0.0347. The molecule has 1 N–H and O–H groups in total. The van der Waals surface area contributed by atoms with Gasteiger partial charge >= 0.3 is 11.9 Å². The first-order valence-corrected chi connectivity index (χ1v) is 5.32. The molecule has 0 aliphatic heterocycles. The average Bonchev–Trinajstić information content (AvgIpc) is 2.06. The summed E-state index contributed by atoms with van der Waals surface area (Å²) in [6.07, 6.45) is 0. The van der Waals surface area contributed by atoms with Crippen molar-refractivity contribution < 1.29 is 19.4 Å². The summed E-state index contributed by atoms with van der Waals surface area (Å²) in [4.78, 5) is 19.5. The van der Waals surface area contributed by atoms with Crippen LogP contribution in [0.4, 0.5) is 0 Å². The first kappa shape index (κ1) is 14.4. The van der Waals surface area contributed by atoms with Gasteiger partial charge in [-0.1, -0.05) is 31.9 Å². The highest BCUT2D eigenvalue weighted by atomic mass is 79.9. The number of carboxylic acid groups (broad SMARTS) is 1. The second kappa shape index (κ2) is 10.9. The third-order valence-electron chi connectivity index (χ3n) is 0.529. The van der Waals surface area contributed by atoms with E-state index in [1.807, 2.05) is 0 Å². The third kappa shape index (κ3) is 16.5. The van der Waals surface area contributed by atoms with Gasteiger partial charge in [0.1, 0.15) is 10.7 Å². The number of esters is 1. The van der Waals surface area contributed by atoms with Crippen molar-refractivity contribution >= 4 is 43.8 Å². The summed E-state index contributed by atoms with van der Waals surface area (Å²) in [7, 11) is 0. The van der Waals surface area contributed by atoms with Gasteiger partial charge in [0.05, 0.1) is 6.61 Å². The molecule has 0 amide bonds. The maximum absolute atomic E-state index is 10.1. The second-order valence-electron chi connectivity index (χ2n) is 1.47. The Morgan fingerprint density at radius 1 is 1.33 bits per heavy atom. The normalized spacial score (nSPS) is 7.92. The number of aliphatic carboxylic acids is 1. The highest BCUT2D eigenvalue weighted by Gasteiger charge is 1.92. The Balaban J connectivity index is 0. The maximum Gasteiger partial charge on any atom is 0.316 e. The van der Waals surface area contributed by atoms with Gasteiger partial charge in [-0.05, 0) is 6.92 Å². The zero-order valence-electron chi connectivity index (χ0n) is 6.55. The SMILES string of the molecule is CCOC(=O)CBr.O=C(O)CBr. The number of hydrogen-bond acceptors (Lipinski definition) is 3. The zero-order valence-corrected chi connectivity index (χ0v) is 9.72. The molecule has 0 aliphatic rings. The van der Waals surface area contributed by atoms with E-state index >= 15 is 0 Å². The van der Waals surface area contributed by atoms with E-state index in [2.05, 4.69) is 36.6 Å². The Morgan fingerprint density at radius 2 is 1.75 bits per heavy atom. The molecule has 0 aromatic rings. The third-order valence-corrected chi connectivity index (χ3v) is 1.47. The molecule has 0 spiro atoms. The van der Waals surface area contributed by atoms with Crippen molar-refractivity contribution in [2.45, 2.75) is 6.92 Å². The number of rotatable bonds is 3. The first-order chi connectivity index (χ1) is 5.58. The van der Waals surface area contributed by atoms with Crippen molar-refractivity contribution in [2.24, 2.45) is 0 Å². The van der Waals surface area contributed by atoms with Gasteiger partial charge in [-0.15, -0.1) is 0 Å². The molecule has 0 aliphatic carbocycles. The number of ether oxygens (including phenoxy) is 1. The second-order valence-corrected chi connectivity index (χ2v) is 2.59. The molecule has 0 radical (unpaired) electrons. The van der Waals surface area contributed by atoms with Crippen LogP contribution in [-0.4, -0.2) is 34.3 Å². The standard InChI is InChI=1S/C4H7BrO2.C2H3BrO2/c1-2-7-4(6)3-5;3-1-2(4)5/h2-3H2,1H3;1H2,(H,4,5). The molecule has 4 nitrogen and oxygen atoms in total. The number of carbonyl (C=O) groups excluding carboxylic acids is 1. The molecule has 0 rings (SSSR count). The van der Waals surface area contributed by atoms with Crippen LogP contribution in [0.1, 0.15) is 6.92 Å². The highest BCUT2D eigenvalue weighted by molar-refractivity contribution is 9.09. The molecular weight excluding hydrogens is 296 g/mol. The van der Waals surface area contributed by atoms with Gasteiger partial charge in [0, 0.05) is 0 Å². The lowest BCUT2D eigenvalue weighted by atomic mass is 10.8. The predicted octanol–water partition coefficient (Wildman–Crippen LogP) is 1.41. The van der Waals surface area contributed by atoms with Crippen LogP contribution in [0.3, 0.4) is 0 Å². The van der Waals surface area contributed by atoms with Gasteiger partial charge in [0.2, 0.25) is 0 Å². The van der Waals surface area contributed by atoms with Gasteiger partial charge in [0.15, 0.2) is 0 Å². The quantitative estimate of drug-likeness (QED) is 0.632. The van der Waals surface area contributed by atoms with Crippen molar-refractivity contribution in [3.05, 3.63) is 0 Å². The molecule has 0 aromatic carbocycles. The molecule has 0 unspecified atom stereocenters. The van der Waals surface area contributed by atoms with Crippen LogP contribution in [0.15, 0.2) is 0 Å². The van der Waals surface area contributed by atoms with Crippen LogP contribution >= 0.6 is 31.9 Å². The van der Waals surface area contributed by atoms with Gasteiger partial charge in [-0.3, -0.25) is 9.59 Å². The van der Waals surface area contributed by atoms with E-state index in [-0.39, 0.29) is 11.3 Å². The average molecular weight is 306 g/mol. The van der Waals surface area contributed by atoms with Crippen LogP contribution in [0.2, 0.25) is 0 Å². The Hall–Kier alpha value is -0.100. The summed E-state index contributed by atoms with van der Waals surface area (Å²) in [5.74, 6) is -1.03. The zero-order chi connectivity index (χ0) is 9.98. The van der Waals surface area contributed by atoms with E-state index in [4.69, 9.17) is 5.11 Å². The van der Waals surface area contributed by atoms with Crippen molar-refractivity contribution in [3.8, 4) is 0 Å². The van der Waals surface area contributed by atoms with Crippen molar-refractivity contribution in [2.75, 3.05) is 17.3 Å². The van der Waals surface area contributed by atoms with E-state index in [9.17, 15) is 9.59 Å². The molecule has 6 heteroatoms. The Kier molecular flexibility index (Phi) is 13.1. The fraction of sp³-hybridized carbons (Fsp3) is 0.667. The van der Waals surface area contributed by atoms with Crippen molar-refractivity contribution in [3.63, 3.8) is 0 Å². The minimum Gasteiger partial charge on any atom is -0.481 e. The molecule has 0 atom stereocenters. The number of hydrogen-bond donors (Lipinski definition) is 1. The molecular formula is C6H10Br2O4. The van der Waals surface area contributed by atoms with Gasteiger partial charge in [-0.25, -0.2) is 0 Å². The van der Waals surface area contributed by atoms with E-state index in [1.54, 1.807) is 6.92 Å². The first-order valence-electron chi connectivity index (χ1n) is 3.07. The minimum atomic E-state index is -0.829.